The molecule has 0 aliphatic heterocycles. The van der Waals surface area contributed by atoms with E-state index >= 15 is 0 Å². The average molecular weight is 358 g/mol. The molecule has 27 heavy (non-hydrogen) atoms. The van der Waals surface area contributed by atoms with Gasteiger partial charge in [0.15, 0.2) is 5.78 Å². The smallest absolute Gasteiger partial charge is 0.162 e. The molecule has 0 amide bonds. The Morgan fingerprint density at radius 3 is 2.70 bits per heavy atom. The molecule has 4 unspecified atom stereocenters. The number of phenolic OH excluding ortho intramolecular Hbond substituents is 1. The van der Waals surface area contributed by atoms with Crippen molar-refractivity contribution in [3.63, 3.8) is 0 Å². The number of allylic oxidation sites excluding steroid dienone is 1. The summed E-state index contributed by atoms with van der Waals surface area (Å²) in [6.45, 7) is 2.36. The molecule has 0 spiro atoms. The molecule has 0 heterocycles. The fourth-order valence-electron chi connectivity index (χ4n) is 6.26. The highest BCUT2D eigenvalue weighted by Crippen LogP contribution is 2.62. The lowest BCUT2D eigenvalue weighted by Gasteiger charge is -2.50. The summed E-state index contributed by atoms with van der Waals surface area (Å²) in [7, 11) is 0. The van der Waals surface area contributed by atoms with Crippen molar-refractivity contribution in [2.24, 2.45) is 17.3 Å². The number of Topliss-reactive ketones (excluding diaryl/α,β-unsaturated/α-hetero) is 1. The van der Waals surface area contributed by atoms with Crippen LogP contribution in [0.4, 0.5) is 0 Å². The maximum absolute atomic E-state index is 13.2. The molecule has 2 heteroatoms. The molecule has 0 aromatic heterocycles. The van der Waals surface area contributed by atoms with Crippen LogP contribution in [0, 0.1) is 17.3 Å². The third kappa shape index (κ3) is 2.57. The molecule has 2 aromatic rings. The van der Waals surface area contributed by atoms with E-state index in [1.807, 2.05) is 30.3 Å². The van der Waals surface area contributed by atoms with Crippen LogP contribution in [0.25, 0.3) is 6.08 Å². The number of aryl methyl sites for hydroxylation is 1. The van der Waals surface area contributed by atoms with Crippen molar-refractivity contribution in [1.29, 1.82) is 0 Å². The van der Waals surface area contributed by atoms with E-state index in [-0.39, 0.29) is 11.3 Å². The zero-order valence-electron chi connectivity index (χ0n) is 15.8. The zero-order chi connectivity index (χ0) is 18.6. The zero-order valence-corrected chi connectivity index (χ0v) is 15.8. The Morgan fingerprint density at radius 2 is 1.89 bits per heavy atom. The minimum absolute atomic E-state index is 0.0657. The molecule has 3 aliphatic rings. The predicted octanol–water partition coefficient (Wildman–Crippen LogP) is 5.51. The van der Waals surface area contributed by atoms with Crippen LogP contribution < -0.4 is 0 Å². The van der Waals surface area contributed by atoms with Gasteiger partial charge in [0, 0.05) is 5.92 Å². The molecule has 2 aromatic carbocycles. The van der Waals surface area contributed by atoms with Crippen molar-refractivity contribution in [2.75, 3.05) is 0 Å². The number of carbonyl (C=O) groups excluding carboxylic acids is 1. The summed E-state index contributed by atoms with van der Waals surface area (Å²) in [5.74, 6) is 2.01. The van der Waals surface area contributed by atoms with Gasteiger partial charge in [-0.2, -0.15) is 0 Å². The predicted molar refractivity (Wildman–Crippen MR) is 108 cm³/mol. The number of fused-ring (bicyclic) bond motifs is 5. The highest BCUT2D eigenvalue weighted by Gasteiger charge is 2.56. The second-order valence-electron chi connectivity index (χ2n) is 8.89. The van der Waals surface area contributed by atoms with E-state index in [1.165, 1.54) is 11.1 Å². The minimum atomic E-state index is 0.0657. The number of ketones is 1. The maximum atomic E-state index is 13.2. The van der Waals surface area contributed by atoms with Crippen LogP contribution in [0.3, 0.4) is 0 Å². The van der Waals surface area contributed by atoms with E-state index in [0.29, 0.717) is 23.4 Å². The minimum Gasteiger partial charge on any atom is -0.508 e. The van der Waals surface area contributed by atoms with Gasteiger partial charge in [-0.25, -0.2) is 0 Å². The fourth-order valence-corrected chi connectivity index (χ4v) is 6.26. The molecule has 4 atom stereocenters. The number of carbonyl (C=O) groups is 1. The topological polar surface area (TPSA) is 37.3 Å². The largest absolute Gasteiger partial charge is 0.508 e. The Bertz CT molecular complexity index is 927. The summed E-state index contributed by atoms with van der Waals surface area (Å²) in [5.41, 5.74) is 4.94. The molecule has 2 saturated carbocycles. The molecular formula is C25H26O2. The normalized spacial score (nSPS) is 33.4. The van der Waals surface area contributed by atoms with Crippen molar-refractivity contribution in [1.82, 2.24) is 0 Å². The van der Waals surface area contributed by atoms with E-state index in [0.717, 1.165) is 43.2 Å². The van der Waals surface area contributed by atoms with Crippen molar-refractivity contribution < 1.29 is 9.90 Å². The van der Waals surface area contributed by atoms with Crippen molar-refractivity contribution in [2.45, 2.75) is 44.9 Å². The number of hydrogen-bond acceptors (Lipinski definition) is 2. The Hall–Kier alpha value is -2.35. The maximum Gasteiger partial charge on any atom is 0.162 e. The first-order chi connectivity index (χ1) is 13.1. The molecule has 2 fully saturated rings. The van der Waals surface area contributed by atoms with Crippen LogP contribution in [-0.2, 0) is 11.2 Å². The average Bonchev–Trinajstić information content (AvgIpc) is 2.92. The summed E-state index contributed by atoms with van der Waals surface area (Å²) in [6, 6.07) is 16.1. The second-order valence-corrected chi connectivity index (χ2v) is 8.89. The van der Waals surface area contributed by atoms with Gasteiger partial charge in [-0.15, -0.1) is 0 Å². The van der Waals surface area contributed by atoms with E-state index in [2.05, 4.69) is 31.2 Å². The molecule has 0 bridgehead atoms. The van der Waals surface area contributed by atoms with Crippen LogP contribution in [0.1, 0.15) is 55.2 Å². The van der Waals surface area contributed by atoms with Gasteiger partial charge in [-0.3, -0.25) is 4.79 Å². The SMILES string of the molecule is CC12CC(=Cc3ccccc3)C(=O)C1CCC1c3ccc(O)cc3CCC12. The van der Waals surface area contributed by atoms with Gasteiger partial charge >= 0.3 is 0 Å². The number of benzene rings is 2. The van der Waals surface area contributed by atoms with Gasteiger partial charge in [0.1, 0.15) is 5.75 Å². The fraction of sp³-hybridized carbons (Fsp3) is 0.400. The third-order valence-electron chi connectivity index (χ3n) is 7.49. The first-order valence-electron chi connectivity index (χ1n) is 10.2. The Kier molecular flexibility index (Phi) is 3.79. The van der Waals surface area contributed by atoms with Gasteiger partial charge in [0.2, 0.25) is 0 Å². The first-order valence-corrected chi connectivity index (χ1v) is 10.2. The number of phenols is 1. The van der Waals surface area contributed by atoms with E-state index in [9.17, 15) is 9.90 Å². The van der Waals surface area contributed by atoms with Crippen LogP contribution in [0.5, 0.6) is 5.75 Å². The van der Waals surface area contributed by atoms with Crippen molar-refractivity contribution >= 4 is 11.9 Å². The van der Waals surface area contributed by atoms with Gasteiger partial charge in [-0.05, 0) is 89.8 Å². The molecule has 0 radical (unpaired) electrons. The molecule has 3 aliphatic carbocycles. The summed E-state index contributed by atoms with van der Waals surface area (Å²) in [5, 5.41) is 9.84. The van der Waals surface area contributed by atoms with Crippen molar-refractivity contribution in [3.8, 4) is 5.75 Å². The van der Waals surface area contributed by atoms with E-state index in [1.54, 1.807) is 0 Å². The number of aromatic hydroxyl groups is 1. The Labute approximate surface area is 160 Å². The lowest BCUT2D eigenvalue weighted by molar-refractivity contribution is -0.122. The lowest BCUT2D eigenvalue weighted by Crippen LogP contribution is -2.43. The third-order valence-corrected chi connectivity index (χ3v) is 7.49. The van der Waals surface area contributed by atoms with Gasteiger partial charge in [-0.1, -0.05) is 43.3 Å². The van der Waals surface area contributed by atoms with Crippen LogP contribution in [-0.4, -0.2) is 10.9 Å². The van der Waals surface area contributed by atoms with Crippen molar-refractivity contribution in [3.05, 3.63) is 70.8 Å². The monoisotopic (exact) mass is 358 g/mol. The number of hydrogen-bond donors (Lipinski definition) is 1. The van der Waals surface area contributed by atoms with E-state index in [4.69, 9.17) is 0 Å². The molecule has 138 valence electrons. The molecule has 2 nitrogen and oxygen atoms in total. The molecule has 5 rings (SSSR count). The number of rotatable bonds is 1. The highest BCUT2D eigenvalue weighted by molar-refractivity contribution is 6.04. The standard InChI is InChI=1S/C25H26O2/c1-25-15-18(13-16-5-3-2-4-6-16)24(27)23(25)12-10-21-20-9-8-19(26)14-17(20)7-11-22(21)25/h2-6,8-9,13-14,21-23,26H,7,10-12,15H2,1H3. The summed E-state index contributed by atoms with van der Waals surface area (Å²) >= 11 is 0. The Morgan fingerprint density at radius 1 is 1.07 bits per heavy atom. The molecule has 1 N–H and O–H groups in total. The Balaban J connectivity index is 1.51. The molecule has 0 saturated heterocycles. The summed E-state index contributed by atoms with van der Waals surface area (Å²) in [6.07, 6.45) is 7.24. The van der Waals surface area contributed by atoms with Crippen LogP contribution in [0.15, 0.2) is 54.1 Å². The lowest BCUT2D eigenvalue weighted by atomic mass is 9.54. The van der Waals surface area contributed by atoms with Gasteiger partial charge < -0.3 is 5.11 Å². The van der Waals surface area contributed by atoms with Crippen LogP contribution in [0.2, 0.25) is 0 Å². The highest BCUT2D eigenvalue weighted by atomic mass is 16.3. The summed E-state index contributed by atoms with van der Waals surface area (Å²) in [4.78, 5) is 13.2. The molecular weight excluding hydrogens is 332 g/mol. The second kappa shape index (κ2) is 6.09. The van der Waals surface area contributed by atoms with E-state index < -0.39 is 0 Å². The van der Waals surface area contributed by atoms with Gasteiger partial charge in [0.25, 0.3) is 0 Å². The van der Waals surface area contributed by atoms with Crippen LogP contribution >= 0.6 is 0 Å². The summed E-state index contributed by atoms with van der Waals surface area (Å²) < 4.78 is 0. The first kappa shape index (κ1) is 16.8. The van der Waals surface area contributed by atoms with Gasteiger partial charge in [0.05, 0.1) is 0 Å². The quantitative estimate of drug-likeness (QED) is 0.682.